The molecule has 0 atom stereocenters. The number of carbonyl (C=O) groups excluding carboxylic acids is 1. The molecule has 28 heavy (non-hydrogen) atoms. The lowest BCUT2D eigenvalue weighted by molar-refractivity contribution is 0.0601. The number of carbonyl (C=O) groups is 1. The van der Waals surface area contributed by atoms with Gasteiger partial charge in [0.1, 0.15) is 0 Å². The van der Waals surface area contributed by atoms with Gasteiger partial charge in [0, 0.05) is 18.7 Å². The number of hydrogen-bond acceptors (Lipinski definition) is 6. The van der Waals surface area contributed by atoms with Crippen LogP contribution in [-0.4, -0.2) is 28.4 Å². The number of aromatic nitrogens is 2. The zero-order chi connectivity index (χ0) is 19.9. The van der Waals surface area contributed by atoms with E-state index in [2.05, 4.69) is 11.1 Å². The second kappa shape index (κ2) is 9.20. The summed E-state index contributed by atoms with van der Waals surface area (Å²) in [5.74, 6) is 0.0619. The highest BCUT2D eigenvalue weighted by molar-refractivity contribution is 7.99. The van der Waals surface area contributed by atoms with Gasteiger partial charge in [-0.1, -0.05) is 42.1 Å². The van der Waals surface area contributed by atoms with E-state index in [-0.39, 0.29) is 5.56 Å². The van der Waals surface area contributed by atoms with Crippen LogP contribution in [0.5, 0.6) is 0 Å². The summed E-state index contributed by atoms with van der Waals surface area (Å²) in [4.78, 5) is 29.5. The summed E-state index contributed by atoms with van der Waals surface area (Å²) in [5, 5.41) is 9.81. The first kappa shape index (κ1) is 19.6. The zero-order valence-corrected chi connectivity index (χ0v) is 16.2. The zero-order valence-electron chi connectivity index (χ0n) is 15.4. The van der Waals surface area contributed by atoms with Gasteiger partial charge in [0.25, 0.3) is 5.56 Å². The molecule has 1 aromatic heterocycles. The van der Waals surface area contributed by atoms with E-state index in [1.54, 1.807) is 22.8 Å². The lowest BCUT2D eigenvalue weighted by Crippen LogP contribution is -2.24. The molecule has 0 radical (unpaired) electrons. The highest BCUT2D eigenvalue weighted by Crippen LogP contribution is 2.20. The molecule has 0 amide bonds. The molecule has 1 heterocycles. The summed E-state index contributed by atoms with van der Waals surface area (Å²) in [6.45, 7) is 0.486. The van der Waals surface area contributed by atoms with Crippen molar-refractivity contribution < 1.29 is 9.53 Å². The Kier molecular flexibility index (Phi) is 6.45. The maximum absolute atomic E-state index is 13.1. The number of fused-ring (bicyclic) bond motifs is 1. The van der Waals surface area contributed by atoms with Crippen molar-refractivity contribution in [2.24, 2.45) is 0 Å². The number of benzene rings is 2. The Morgan fingerprint density at radius 1 is 1.25 bits per heavy atom. The van der Waals surface area contributed by atoms with Crippen LogP contribution in [-0.2, 0) is 17.7 Å². The molecule has 0 aliphatic rings. The number of thioether (sulfide) groups is 1. The Morgan fingerprint density at radius 3 is 2.75 bits per heavy atom. The summed E-state index contributed by atoms with van der Waals surface area (Å²) in [7, 11) is 1.31. The number of nitrogens with zero attached hydrogens (tertiary/aromatic N) is 3. The molecule has 2 aromatic carbocycles. The summed E-state index contributed by atoms with van der Waals surface area (Å²) in [6.07, 6.45) is 1.06. The number of nitriles is 1. The van der Waals surface area contributed by atoms with Crippen molar-refractivity contribution in [1.29, 1.82) is 5.26 Å². The normalized spacial score (nSPS) is 10.6. The maximum Gasteiger partial charge on any atom is 0.337 e. The maximum atomic E-state index is 13.1. The lowest BCUT2D eigenvalue weighted by Gasteiger charge is -2.13. The average Bonchev–Trinajstić information content (AvgIpc) is 2.73. The highest BCUT2D eigenvalue weighted by atomic mass is 32.2. The minimum atomic E-state index is -0.476. The molecule has 0 saturated heterocycles. The van der Waals surface area contributed by atoms with Crippen molar-refractivity contribution in [2.75, 3.05) is 12.9 Å². The molecule has 7 heteroatoms. The average molecular weight is 393 g/mol. The van der Waals surface area contributed by atoms with Crippen LogP contribution in [0.25, 0.3) is 10.9 Å². The van der Waals surface area contributed by atoms with Gasteiger partial charge < -0.3 is 4.74 Å². The second-order valence-corrected chi connectivity index (χ2v) is 7.13. The van der Waals surface area contributed by atoms with Gasteiger partial charge in [0.2, 0.25) is 0 Å². The molecule has 0 unspecified atom stereocenters. The molecular formula is C21H19N3O3S. The van der Waals surface area contributed by atoms with Crippen LogP contribution in [0.15, 0.2) is 58.5 Å². The van der Waals surface area contributed by atoms with E-state index in [1.165, 1.54) is 18.9 Å². The van der Waals surface area contributed by atoms with Crippen LogP contribution in [0, 0.1) is 11.3 Å². The molecule has 6 nitrogen and oxygen atoms in total. The molecule has 0 saturated carbocycles. The van der Waals surface area contributed by atoms with Crippen molar-refractivity contribution in [3.05, 3.63) is 70.0 Å². The molecule has 0 fully saturated rings. The van der Waals surface area contributed by atoms with E-state index in [0.717, 1.165) is 5.56 Å². The SMILES string of the molecule is COC(=O)c1ccc2c(=O)n(CCc3ccccc3)c(SCCC#N)nc2c1. The van der Waals surface area contributed by atoms with Crippen LogP contribution >= 0.6 is 11.8 Å². The Morgan fingerprint density at radius 2 is 2.04 bits per heavy atom. The third-order valence-electron chi connectivity index (χ3n) is 4.25. The smallest absolute Gasteiger partial charge is 0.337 e. The first-order valence-corrected chi connectivity index (χ1v) is 9.79. The fourth-order valence-corrected chi connectivity index (χ4v) is 3.70. The molecule has 0 aliphatic carbocycles. The Balaban J connectivity index is 2.02. The van der Waals surface area contributed by atoms with Crippen molar-refractivity contribution >= 4 is 28.6 Å². The topological polar surface area (TPSA) is 85.0 Å². The predicted molar refractivity (Wildman–Crippen MR) is 108 cm³/mol. The van der Waals surface area contributed by atoms with E-state index < -0.39 is 5.97 Å². The summed E-state index contributed by atoms with van der Waals surface area (Å²) < 4.78 is 6.39. The van der Waals surface area contributed by atoms with Crippen molar-refractivity contribution in [1.82, 2.24) is 9.55 Å². The minimum Gasteiger partial charge on any atom is -0.465 e. The Bertz CT molecular complexity index is 1090. The molecule has 3 rings (SSSR count). The Labute approximate surface area is 166 Å². The molecular weight excluding hydrogens is 374 g/mol. The first-order valence-electron chi connectivity index (χ1n) is 8.80. The third-order valence-corrected chi connectivity index (χ3v) is 5.23. The number of methoxy groups -OCH3 is 1. The van der Waals surface area contributed by atoms with E-state index in [0.29, 0.717) is 46.8 Å². The van der Waals surface area contributed by atoms with Gasteiger partial charge in [-0.2, -0.15) is 5.26 Å². The quantitative estimate of drug-likeness (QED) is 0.265. The van der Waals surface area contributed by atoms with Crippen LogP contribution < -0.4 is 5.56 Å². The molecule has 3 aromatic rings. The van der Waals surface area contributed by atoms with Crippen LogP contribution in [0.1, 0.15) is 22.3 Å². The number of ether oxygens (including phenoxy) is 1. The molecule has 0 spiro atoms. The van der Waals surface area contributed by atoms with Crippen molar-refractivity contribution in [3.8, 4) is 6.07 Å². The van der Waals surface area contributed by atoms with Crippen LogP contribution in [0.3, 0.4) is 0 Å². The van der Waals surface area contributed by atoms with E-state index in [9.17, 15) is 9.59 Å². The van der Waals surface area contributed by atoms with Gasteiger partial charge >= 0.3 is 5.97 Å². The minimum absolute atomic E-state index is 0.156. The van der Waals surface area contributed by atoms with Crippen molar-refractivity contribution in [2.45, 2.75) is 24.5 Å². The monoisotopic (exact) mass is 393 g/mol. The van der Waals surface area contributed by atoms with Crippen LogP contribution in [0.2, 0.25) is 0 Å². The van der Waals surface area contributed by atoms with E-state index in [4.69, 9.17) is 10.00 Å². The second-order valence-electron chi connectivity index (χ2n) is 6.07. The number of aryl methyl sites for hydroxylation is 1. The number of rotatable bonds is 7. The predicted octanol–water partition coefficient (Wildman–Crippen LogP) is 3.43. The molecule has 0 aliphatic heterocycles. The van der Waals surface area contributed by atoms with Gasteiger partial charge in [0.15, 0.2) is 5.16 Å². The summed E-state index contributed by atoms with van der Waals surface area (Å²) >= 11 is 1.37. The standard InChI is InChI=1S/C21H19N3O3S/c1-27-20(26)16-8-9-17-18(14-16)23-21(28-13-5-11-22)24(19(17)25)12-10-15-6-3-2-4-7-15/h2-4,6-9,14H,5,10,12-13H2,1H3. The highest BCUT2D eigenvalue weighted by Gasteiger charge is 2.14. The lowest BCUT2D eigenvalue weighted by atomic mass is 10.1. The van der Waals surface area contributed by atoms with Gasteiger partial charge in [0.05, 0.1) is 29.6 Å². The van der Waals surface area contributed by atoms with Gasteiger partial charge in [-0.15, -0.1) is 0 Å². The van der Waals surface area contributed by atoms with E-state index in [1.807, 2.05) is 30.3 Å². The third kappa shape index (κ3) is 4.41. The number of hydrogen-bond donors (Lipinski definition) is 0. The van der Waals surface area contributed by atoms with Crippen LogP contribution in [0.4, 0.5) is 0 Å². The summed E-state index contributed by atoms with van der Waals surface area (Å²) in [6, 6.07) is 16.8. The molecule has 0 N–H and O–H groups in total. The Hall–Kier alpha value is -3.11. The first-order chi connectivity index (χ1) is 13.6. The molecule has 0 bridgehead atoms. The van der Waals surface area contributed by atoms with Gasteiger partial charge in [-0.25, -0.2) is 9.78 Å². The fraction of sp³-hybridized carbons (Fsp3) is 0.238. The van der Waals surface area contributed by atoms with Gasteiger partial charge in [-0.05, 0) is 30.2 Å². The fourth-order valence-electron chi connectivity index (χ4n) is 2.83. The van der Waals surface area contributed by atoms with E-state index >= 15 is 0 Å². The van der Waals surface area contributed by atoms with Gasteiger partial charge in [-0.3, -0.25) is 9.36 Å². The summed E-state index contributed by atoms with van der Waals surface area (Å²) in [5.41, 5.74) is 1.76. The number of esters is 1. The largest absolute Gasteiger partial charge is 0.465 e. The van der Waals surface area contributed by atoms with Crippen molar-refractivity contribution in [3.63, 3.8) is 0 Å². The molecule has 142 valence electrons.